The smallest absolute Gasteiger partial charge is 0.194 e. The first-order chi connectivity index (χ1) is 7.28. The molecule has 15 heavy (non-hydrogen) atoms. The fourth-order valence-electron chi connectivity index (χ4n) is 1.64. The van der Waals surface area contributed by atoms with Crippen LogP contribution >= 0.6 is 31.9 Å². The lowest BCUT2D eigenvalue weighted by Gasteiger charge is -2.30. The minimum Gasteiger partial charge on any atom is -0.345 e. The summed E-state index contributed by atoms with van der Waals surface area (Å²) in [5, 5.41) is 0.658. The average Bonchev–Trinajstić information content (AvgIpc) is 2.79. The van der Waals surface area contributed by atoms with Crippen LogP contribution in [0.25, 0.3) is 0 Å². The Bertz CT molecular complexity index is 310. The Labute approximate surface area is 106 Å². The molecule has 0 N–H and O–H groups in total. The third-order valence-corrected chi connectivity index (χ3v) is 4.45. The quantitative estimate of drug-likeness (QED) is 0.789. The number of benzene rings is 1. The van der Waals surface area contributed by atoms with E-state index in [0.29, 0.717) is 18.5 Å². The third-order valence-electron chi connectivity index (χ3n) is 2.44. The van der Waals surface area contributed by atoms with Gasteiger partial charge in [0, 0.05) is 0 Å². The van der Waals surface area contributed by atoms with E-state index in [9.17, 15) is 0 Å². The summed E-state index contributed by atoms with van der Waals surface area (Å²) in [4.78, 5) is 0.0491. The van der Waals surface area contributed by atoms with Crippen LogP contribution in [0.1, 0.15) is 10.4 Å². The van der Waals surface area contributed by atoms with Crippen LogP contribution in [0.4, 0.5) is 0 Å². The fourth-order valence-corrected chi connectivity index (χ4v) is 3.45. The fraction of sp³-hybridized carbons (Fsp3) is 0.455. The Kier molecular flexibility index (Phi) is 3.83. The Balaban J connectivity index is 2.22. The molecular formula is C11H12Br2O2. The minimum atomic E-state index is -0.568. The second-order valence-electron chi connectivity index (χ2n) is 3.42. The lowest BCUT2D eigenvalue weighted by molar-refractivity contribution is -0.136. The van der Waals surface area contributed by atoms with Crippen molar-refractivity contribution in [1.29, 1.82) is 0 Å². The van der Waals surface area contributed by atoms with Crippen LogP contribution in [0.15, 0.2) is 30.3 Å². The molecule has 4 heteroatoms. The zero-order valence-corrected chi connectivity index (χ0v) is 11.3. The maximum Gasteiger partial charge on any atom is 0.194 e. The van der Waals surface area contributed by atoms with Crippen molar-refractivity contribution in [2.24, 2.45) is 0 Å². The number of ether oxygens (including phenoxy) is 2. The molecule has 0 aliphatic carbocycles. The molecule has 1 saturated heterocycles. The van der Waals surface area contributed by atoms with E-state index in [1.54, 1.807) is 0 Å². The van der Waals surface area contributed by atoms with Crippen molar-refractivity contribution in [2.45, 2.75) is 10.6 Å². The number of hydrogen-bond acceptors (Lipinski definition) is 2. The number of rotatable bonds is 3. The molecule has 1 fully saturated rings. The van der Waals surface area contributed by atoms with Crippen LogP contribution < -0.4 is 0 Å². The van der Waals surface area contributed by atoms with Crippen molar-refractivity contribution >= 4 is 31.9 Å². The van der Waals surface area contributed by atoms with Crippen LogP contribution in [0.2, 0.25) is 0 Å². The number of hydrogen-bond donors (Lipinski definition) is 0. The van der Waals surface area contributed by atoms with Gasteiger partial charge >= 0.3 is 0 Å². The van der Waals surface area contributed by atoms with Gasteiger partial charge in [-0.2, -0.15) is 0 Å². The second kappa shape index (κ2) is 4.95. The van der Waals surface area contributed by atoms with Gasteiger partial charge in [-0.25, -0.2) is 0 Å². The van der Waals surface area contributed by atoms with Crippen LogP contribution in [-0.2, 0) is 9.47 Å². The van der Waals surface area contributed by atoms with Gasteiger partial charge in [0.1, 0.15) is 0 Å². The van der Waals surface area contributed by atoms with E-state index in [2.05, 4.69) is 44.0 Å². The highest BCUT2D eigenvalue weighted by molar-refractivity contribution is 9.10. The maximum absolute atomic E-state index is 5.69. The SMILES string of the molecule is BrCC1(C(Br)c2ccccc2)OCCO1. The first-order valence-electron chi connectivity index (χ1n) is 4.81. The molecule has 1 aromatic carbocycles. The van der Waals surface area contributed by atoms with Crippen molar-refractivity contribution in [3.8, 4) is 0 Å². The summed E-state index contributed by atoms with van der Waals surface area (Å²) < 4.78 is 11.4. The molecule has 1 heterocycles. The molecule has 82 valence electrons. The van der Waals surface area contributed by atoms with Gasteiger partial charge in [-0.3, -0.25) is 0 Å². The molecule has 0 spiro atoms. The highest BCUT2D eigenvalue weighted by Crippen LogP contribution is 2.41. The Morgan fingerprint density at radius 3 is 2.33 bits per heavy atom. The number of alkyl halides is 2. The molecule has 1 aromatic rings. The summed E-state index contributed by atoms with van der Waals surface area (Å²) in [5.74, 6) is -0.568. The van der Waals surface area contributed by atoms with Crippen LogP contribution in [0.5, 0.6) is 0 Å². The summed E-state index contributed by atoms with van der Waals surface area (Å²) in [6, 6.07) is 10.2. The van der Waals surface area contributed by atoms with E-state index in [-0.39, 0.29) is 4.83 Å². The van der Waals surface area contributed by atoms with E-state index in [1.165, 1.54) is 5.56 Å². The molecule has 1 unspecified atom stereocenters. The van der Waals surface area contributed by atoms with Gasteiger partial charge in [0.25, 0.3) is 0 Å². The van der Waals surface area contributed by atoms with Gasteiger partial charge in [-0.15, -0.1) is 0 Å². The van der Waals surface area contributed by atoms with Crippen molar-refractivity contribution in [3.63, 3.8) is 0 Å². The second-order valence-corrected chi connectivity index (χ2v) is 4.89. The molecule has 0 saturated carbocycles. The van der Waals surface area contributed by atoms with Crippen LogP contribution in [0, 0.1) is 0 Å². The molecule has 0 aromatic heterocycles. The molecule has 0 radical (unpaired) electrons. The Morgan fingerprint density at radius 2 is 1.80 bits per heavy atom. The van der Waals surface area contributed by atoms with Crippen LogP contribution in [-0.4, -0.2) is 24.3 Å². The lowest BCUT2D eigenvalue weighted by atomic mass is 10.1. The average molecular weight is 336 g/mol. The van der Waals surface area contributed by atoms with Gasteiger partial charge in [0.05, 0.1) is 23.4 Å². The third kappa shape index (κ3) is 2.28. The van der Waals surface area contributed by atoms with E-state index < -0.39 is 5.79 Å². The van der Waals surface area contributed by atoms with Crippen molar-refractivity contribution in [1.82, 2.24) is 0 Å². The topological polar surface area (TPSA) is 18.5 Å². The molecule has 1 aliphatic rings. The molecule has 2 nitrogen and oxygen atoms in total. The van der Waals surface area contributed by atoms with Gasteiger partial charge in [-0.1, -0.05) is 62.2 Å². The summed E-state index contributed by atoms with van der Waals surface area (Å²) >= 11 is 7.10. The molecule has 2 rings (SSSR count). The van der Waals surface area contributed by atoms with Gasteiger partial charge < -0.3 is 9.47 Å². The summed E-state index contributed by atoms with van der Waals surface area (Å²) in [5.41, 5.74) is 1.17. The monoisotopic (exact) mass is 334 g/mol. The molecule has 0 bridgehead atoms. The summed E-state index contributed by atoms with van der Waals surface area (Å²) in [6.07, 6.45) is 0. The Morgan fingerprint density at radius 1 is 1.20 bits per heavy atom. The van der Waals surface area contributed by atoms with Gasteiger partial charge in [0.15, 0.2) is 5.79 Å². The zero-order chi connectivity index (χ0) is 10.7. The number of halogens is 2. The highest BCUT2D eigenvalue weighted by Gasteiger charge is 2.43. The van der Waals surface area contributed by atoms with E-state index in [1.807, 2.05) is 18.2 Å². The van der Waals surface area contributed by atoms with Crippen molar-refractivity contribution < 1.29 is 9.47 Å². The van der Waals surface area contributed by atoms with Gasteiger partial charge in [0.2, 0.25) is 0 Å². The maximum atomic E-state index is 5.69. The molecule has 1 atom stereocenters. The molecular weight excluding hydrogens is 324 g/mol. The predicted molar refractivity (Wildman–Crippen MR) is 66.5 cm³/mol. The molecule has 1 aliphatic heterocycles. The minimum absolute atomic E-state index is 0.0491. The van der Waals surface area contributed by atoms with Crippen molar-refractivity contribution in [2.75, 3.05) is 18.5 Å². The van der Waals surface area contributed by atoms with Gasteiger partial charge in [-0.05, 0) is 5.56 Å². The summed E-state index contributed by atoms with van der Waals surface area (Å²) in [6.45, 7) is 1.31. The normalized spacial score (nSPS) is 21.5. The molecule has 0 amide bonds. The van der Waals surface area contributed by atoms with Crippen molar-refractivity contribution in [3.05, 3.63) is 35.9 Å². The van der Waals surface area contributed by atoms with E-state index >= 15 is 0 Å². The standard InChI is InChI=1S/C11H12Br2O2/c12-8-11(14-6-7-15-11)10(13)9-4-2-1-3-5-9/h1-5,10H,6-8H2. The largest absolute Gasteiger partial charge is 0.345 e. The lowest BCUT2D eigenvalue weighted by Crippen LogP contribution is -2.36. The van der Waals surface area contributed by atoms with E-state index in [0.717, 1.165) is 0 Å². The first-order valence-corrected chi connectivity index (χ1v) is 6.85. The van der Waals surface area contributed by atoms with Crippen LogP contribution in [0.3, 0.4) is 0 Å². The summed E-state index contributed by atoms with van der Waals surface area (Å²) in [7, 11) is 0. The zero-order valence-electron chi connectivity index (χ0n) is 8.16. The first kappa shape index (κ1) is 11.6. The van der Waals surface area contributed by atoms with E-state index in [4.69, 9.17) is 9.47 Å². The Hall–Kier alpha value is 0.1000. The highest BCUT2D eigenvalue weighted by atomic mass is 79.9. The predicted octanol–water partition coefficient (Wildman–Crippen LogP) is 3.26.